The first-order valence-corrected chi connectivity index (χ1v) is 12.8. The van der Waals surface area contributed by atoms with Crippen molar-refractivity contribution in [2.75, 3.05) is 18.9 Å². The second-order valence-corrected chi connectivity index (χ2v) is 10.4. The van der Waals surface area contributed by atoms with Gasteiger partial charge < -0.3 is 14.6 Å². The van der Waals surface area contributed by atoms with Crippen LogP contribution in [0.5, 0.6) is 11.5 Å². The molecule has 1 aromatic carbocycles. The number of hydrogen-bond donors (Lipinski definition) is 2. The number of aliphatic hydroxyl groups is 1. The van der Waals surface area contributed by atoms with E-state index in [0.29, 0.717) is 34.3 Å². The number of hydrogen-bond acceptors (Lipinski definition) is 10. The van der Waals surface area contributed by atoms with Crippen LogP contribution in [0.2, 0.25) is 0 Å². The summed E-state index contributed by atoms with van der Waals surface area (Å²) in [4.78, 5) is 12.4. The molecule has 0 aliphatic rings. The average molecular weight is 526 g/mol. The predicted molar refractivity (Wildman–Crippen MR) is 136 cm³/mol. The van der Waals surface area contributed by atoms with Crippen LogP contribution in [-0.4, -0.2) is 62.7 Å². The molecule has 0 aliphatic heterocycles. The lowest BCUT2D eigenvalue weighted by Gasteiger charge is -2.21. The smallest absolute Gasteiger partial charge is 0.243 e. The van der Waals surface area contributed by atoms with Gasteiger partial charge in [0.05, 0.1) is 31.8 Å². The van der Waals surface area contributed by atoms with Gasteiger partial charge in [0.1, 0.15) is 28.5 Å². The molecule has 13 heteroatoms. The Morgan fingerprint density at radius 3 is 2.30 bits per heavy atom. The molecule has 0 saturated heterocycles. The van der Waals surface area contributed by atoms with Gasteiger partial charge in [-0.15, -0.1) is 10.2 Å². The topological polar surface area (TPSA) is 154 Å². The Hall–Kier alpha value is -4.10. The summed E-state index contributed by atoms with van der Waals surface area (Å²) < 4.78 is 41.9. The lowest BCUT2D eigenvalue weighted by Crippen LogP contribution is -2.32. The summed E-state index contributed by atoms with van der Waals surface area (Å²) in [7, 11) is -1.23. The van der Waals surface area contributed by atoms with Crippen LogP contribution in [0.15, 0.2) is 49.1 Å². The fourth-order valence-corrected chi connectivity index (χ4v) is 4.72. The SMILES string of the molecule is COc1cccc(OC)c1-n1c(NS(=O)(=O)[C@H](C)[C@@H](O)c2cnc(C)cn2)nnc1-c1cncc(C)c1. The van der Waals surface area contributed by atoms with E-state index in [9.17, 15) is 13.5 Å². The molecule has 0 saturated carbocycles. The molecule has 3 heterocycles. The molecule has 3 aromatic heterocycles. The Bertz CT molecular complexity index is 1480. The van der Waals surface area contributed by atoms with Crippen molar-refractivity contribution in [2.45, 2.75) is 32.1 Å². The van der Waals surface area contributed by atoms with E-state index in [2.05, 4.69) is 29.9 Å². The number of methoxy groups -OCH3 is 2. The van der Waals surface area contributed by atoms with Gasteiger partial charge in [0, 0.05) is 24.2 Å². The monoisotopic (exact) mass is 525 g/mol. The lowest BCUT2D eigenvalue weighted by atomic mass is 10.2. The summed E-state index contributed by atoms with van der Waals surface area (Å²) in [5, 5.41) is 17.8. The maximum absolute atomic E-state index is 13.4. The van der Waals surface area contributed by atoms with Crippen molar-refractivity contribution in [3.05, 3.63) is 66.0 Å². The van der Waals surface area contributed by atoms with E-state index in [1.807, 2.05) is 13.0 Å². The number of ether oxygens (including phenoxy) is 2. The van der Waals surface area contributed by atoms with Crippen molar-refractivity contribution in [1.29, 1.82) is 0 Å². The third-order valence-electron chi connectivity index (χ3n) is 5.69. The minimum Gasteiger partial charge on any atom is -0.494 e. The van der Waals surface area contributed by atoms with Crippen LogP contribution in [0.25, 0.3) is 17.1 Å². The zero-order valence-electron chi connectivity index (χ0n) is 20.9. The number of sulfonamides is 1. The standard InChI is InChI=1S/C24H27N7O5S/c1-14-9-17(12-25-10-14)23-28-29-24(31(23)21-19(35-4)7-6-8-20(21)36-5)30-37(33,34)16(3)22(32)18-13-26-15(2)11-27-18/h6-13,16,22,32H,1-5H3,(H,29,30)/t16-,22-/m1/s1. The van der Waals surface area contributed by atoms with E-state index in [-0.39, 0.29) is 11.6 Å². The third kappa shape index (κ3) is 5.22. The van der Waals surface area contributed by atoms with E-state index >= 15 is 0 Å². The highest BCUT2D eigenvalue weighted by Crippen LogP contribution is 2.38. The maximum atomic E-state index is 13.4. The second kappa shape index (κ2) is 10.5. The maximum Gasteiger partial charge on any atom is 0.243 e. The molecule has 0 unspecified atom stereocenters. The molecule has 194 valence electrons. The number of aromatic nitrogens is 6. The molecule has 4 rings (SSSR count). The van der Waals surface area contributed by atoms with Gasteiger partial charge in [0.25, 0.3) is 0 Å². The van der Waals surface area contributed by atoms with Crippen molar-refractivity contribution in [2.24, 2.45) is 0 Å². The van der Waals surface area contributed by atoms with E-state index in [0.717, 1.165) is 5.56 Å². The summed E-state index contributed by atoms with van der Waals surface area (Å²) >= 11 is 0. The molecule has 0 bridgehead atoms. The number of pyridine rings is 1. The molecular weight excluding hydrogens is 498 g/mol. The summed E-state index contributed by atoms with van der Waals surface area (Å²) in [6, 6.07) is 6.99. The zero-order chi connectivity index (χ0) is 26.7. The number of aryl methyl sites for hydroxylation is 2. The molecule has 0 spiro atoms. The third-order valence-corrected chi connectivity index (χ3v) is 7.40. The van der Waals surface area contributed by atoms with E-state index < -0.39 is 21.4 Å². The number of para-hydroxylation sites is 1. The molecule has 37 heavy (non-hydrogen) atoms. The minimum atomic E-state index is -4.21. The van der Waals surface area contributed by atoms with E-state index in [1.54, 1.807) is 37.5 Å². The van der Waals surface area contributed by atoms with Gasteiger partial charge in [-0.05, 0) is 44.5 Å². The highest BCUT2D eigenvalue weighted by Gasteiger charge is 2.33. The first-order chi connectivity index (χ1) is 17.7. The van der Waals surface area contributed by atoms with Gasteiger partial charge in [0.15, 0.2) is 5.82 Å². The van der Waals surface area contributed by atoms with Crippen molar-refractivity contribution in [3.8, 4) is 28.6 Å². The second-order valence-electron chi connectivity index (χ2n) is 8.32. The van der Waals surface area contributed by atoms with Crippen LogP contribution in [-0.2, 0) is 10.0 Å². The van der Waals surface area contributed by atoms with Crippen molar-refractivity contribution < 1.29 is 23.0 Å². The number of nitrogens with one attached hydrogen (secondary N) is 1. The zero-order valence-corrected chi connectivity index (χ0v) is 21.8. The largest absolute Gasteiger partial charge is 0.494 e. The van der Waals surface area contributed by atoms with Crippen LogP contribution in [0.4, 0.5) is 5.95 Å². The van der Waals surface area contributed by atoms with E-state index in [1.165, 1.54) is 38.1 Å². The molecule has 0 amide bonds. The van der Waals surface area contributed by atoms with Gasteiger partial charge in [-0.2, -0.15) is 0 Å². The molecule has 2 atom stereocenters. The highest BCUT2D eigenvalue weighted by atomic mass is 32.2. The first kappa shape index (κ1) is 26.0. The van der Waals surface area contributed by atoms with Crippen LogP contribution >= 0.6 is 0 Å². The molecule has 0 aliphatic carbocycles. The van der Waals surface area contributed by atoms with Crippen LogP contribution in [0.1, 0.15) is 30.0 Å². The molecule has 0 fully saturated rings. The van der Waals surface area contributed by atoms with Gasteiger partial charge >= 0.3 is 0 Å². The molecule has 0 radical (unpaired) electrons. The van der Waals surface area contributed by atoms with Gasteiger partial charge in [-0.25, -0.2) is 8.42 Å². The molecule has 2 N–H and O–H groups in total. The Kier molecular flexibility index (Phi) is 7.36. The first-order valence-electron chi connectivity index (χ1n) is 11.2. The number of benzene rings is 1. The highest BCUT2D eigenvalue weighted by molar-refractivity contribution is 7.93. The Morgan fingerprint density at radius 1 is 1.00 bits per heavy atom. The number of anilines is 1. The predicted octanol–water partition coefficient (Wildman–Crippen LogP) is 2.62. The quantitative estimate of drug-likeness (QED) is 0.333. The fraction of sp³-hybridized carbons (Fsp3) is 0.292. The normalized spacial score (nSPS) is 13.1. The lowest BCUT2D eigenvalue weighted by molar-refractivity contribution is 0.171. The average Bonchev–Trinajstić information content (AvgIpc) is 3.29. The summed E-state index contributed by atoms with van der Waals surface area (Å²) in [6.07, 6.45) is 4.64. The van der Waals surface area contributed by atoms with Crippen molar-refractivity contribution in [1.82, 2.24) is 29.7 Å². The van der Waals surface area contributed by atoms with Gasteiger partial charge in [-0.3, -0.25) is 24.2 Å². The summed E-state index contributed by atoms with van der Waals surface area (Å²) in [6.45, 7) is 4.98. The minimum absolute atomic E-state index is 0.128. The Morgan fingerprint density at radius 2 is 1.70 bits per heavy atom. The van der Waals surface area contributed by atoms with Crippen molar-refractivity contribution in [3.63, 3.8) is 0 Å². The Labute approximate surface area is 214 Å². The number of rotatable bonds is 9. The van der Waals surface area contributed by atoms with Crippen molar-refractivity contribution >= 4 is 16.0 Å². The Balaban J connectivity index is 1.83. The molecular formula is C24H27N7O5S. The molecule has 12 nitrogen and oxygen atoms in total. The van der Waals surface area contributed by atoms with Gasteiger partial charge in [-0.1, -0.05) is 6.07 Å². The van der Waals surface area contributed by atoms with E-state index in [4.69, 9.17) is 9.47 Å². The van der Waals surface area contributed by atoms with Crippen LogP contribution in [0.3, 0.4) is 0 Å². The fourth-order valence-electron chi connectivity index (χ4n) is 3.66. The summed E-state index contributed by atoms with van der Waals surface area (Å²) in [5.41, 5.74) is 2.61. The number of nitrogens with zero attached hydrogens (tertiary/aromatic N) is 6. The molecule has 4 aromatic rings. The van der Waals surface area contributed by atoms with Gasteiger partial charge in [0.2, 0.25) is 16.0 Å². The van der Waals surface area contributed by atoms with Crippen LogP contribution < -0.4 is 14.2 Å². The summed E-state index contributed by atoms with van der Waals surface area (Å²) in [5.74, 6) is 0.955. The van der Waals surface area contributed by atoms with Crippen LogP contribution in [0, 0.1) is 13.8 Å². The number of aliphatic hydroxyl groups excluding tert-OH is 1.